The fourth-order valence-electron chi connectivity index (χ4n) is 4.01. The molecule has 0 saturated heterocycles. The Hall–Kier alpha value is -4.33. The van der Waals surface area contributed by atoms with Crippen LogP contribution in [0, 0.1) is 17.0 Å². The predicted octanol–water partition coefficient (Wildman–Crippen LogP) is 4.63. The number of anilines is 1. The van der Waals surface area contributed by atoms with Crippen LogP contribution in [-0.4, -0.2) is 40.6 Å². The SMILES string of the molecule is Cc1ccc(N(CCCCN2C(=O)c3ccccc3C2=O)C(=O)c2ccccc2[N+](=O)[O-])cc1. The molecule has 34 heavy (non-hydrogen) atoms. The van der Waals surface area contributed by atoms with E-state index in [9.17, 15) is 24.5 Å². The second kappa shape index (κ2) is 9.66. The molecule has 4 rings (SSSR count). The average molecular weight is 457 g/mol. The third-order valence-electron chi connectivity index (χ3n) is 5.81. The summed E-state index contributed by atoms with van der Waals surface area (Å²) in [5.41, 5.74) is 2.20. The van der Waals surface area contributed by atoms with Crippen LogP contribution in [0.1, 0.15) is 49.5 Å². The van der Waals surface area contributed by atoms with Gasteiger partial charge in [0.15, 0.2) is 0 Å². The summed E-state index contributed by atoms with van der Waals surface area (Å²) in [6.07, 6.45) is 0.978. The first-order valence-electron chi connectivity index (χ1n) is 11.0. The molecule has 0 N–H and O–H groups in total. The Morgan fingerprint density at radius 2 is 1.47 bits per heavy atom. The number of para-hydroxylation sites is 1. The van der Waals surface area contributed by atoms with E-state index in [1.807, 2.05) is 19.1 Å². The van der Waals surface area contributed by atoms with E-state index in [1.165, 1.54) is 28.0 Å². The number of nitro benzene ring substituents is 1. The Kier molecular flexibility index (Phi) is 6.49. The Balaban J connectivity index is 1.49. The van der Waals surface area contributed by atoms with E-state index in [0.717, 1.165) is 5.56 Å². The number of fused-ring (bicyclic) bond motifs is 1. The first kappa shape index (κ1) is 22.8. The van der Waals surface area contributed by atoms with Gasteiger partial charge in [-0.1, -0.05) is 42.0 Å². The van der Waals surface area contributed by atoms with E-state index in [1.54, 1.807) is 42.5 Å². The van der Waals surface area contributed by atoms with E-state index in [4.69, 9.17) is 0 Å². The van der Waals surface area contributed by atoms with E-state index in [0.29, 0.717) is 29.7 Å². The largest absolute Gasteiger partial charge is 0.308 e. The number of hydrogen-bond acceptors (Lipinski definition) is 5. The normalized spacial score (nSPS) is 12.6. The van der Waals surface area contributed by atoms with Crippen molar-refractivity contribution in [3.05, 3.63) is 105 Å². The van der Waals surface area contributed by atoms with Crippen LogP contribution in [0.25, 0.3) is 0 Å². The van der Waals surface area contributed by atoms with Crippen molar-refractivity contribution in [2.24, 2.45) is 0 Å². The lowest BCUT2D eigenvalue weighted by Crippen LogP contribution is -2.34. The van der Waals surface area contributed by atoms with Gasteiger partial charge in [0.05, 0.1) is 16.1 Å². The summed E-state index contributed by atoms with van der Waals surface area (Å²) in [4.78, 5) is 52.1. The van der Waals surface area contributed by atoms with Gasteiger partial charge in [-0.05, 0) is 50.1 Å². The third-order valence-corrected chi connectivity index (χ3v) is 5.81. The van der Waals surface area contributed by atoms with E-state index >= 15 is 0 Å². The number of benzene rings is 3. The lowest BCUT2D eigenvalue weighted by molar-refractivity contribution is -0.385. The second-order valence-electron chi connectivity index (χ2n) is 8.08. The molecule has 3 aromatic rings. The molecular formula is C26H23N3O5. The van der Waals surface area contributed by atoms with Crippen molar-refractivity contribution in [1.82, 2.24) is 4.90 Å². The smallest absolute Gasteiger partial charge is 0.282 e. The Morgan fingerprint density at radius 3 is 2.09 bits per heavy atom. The highest BCUT2D eigenvalue weighted by Gasteiger charge is 2.34. The number of nitrogens with zero attached hydrogens (tertiary/aromatic N) is 3. The highest BCUT2D eigenvalue weighted by atomic mass is 16.6. The number of unbranched alkanes of at least 4 members (excludes halogenated alkanes) is 1. The van der Waals surface area contributed by atoms with Crippen molar-refractivity contribution in [2.75, 3.05) is 18.0 Å². The molecule has 0 spiro atoms. The van der Waals surface area contributed by atoms with Crippen molar-refractivity contribution in [2.45, 2.75) is 19.8 Å². The van der Waals surface area contributed by atoms with Gasteiger partial charge in [0.25, 0.3) is 23.4 Å². The number of nitro groups is 1. The molecule has 172 valence electrons. The minimum atomic E-state index is -0.567. The molecule has 3 amide bonds. The maximum Gasteiger partial charge on any atom is 0.282 e. The first-order chi connectivity index (χ1) is 16.4. The van der Waals surface area contributed by atoms with Crippen molar-refractivity contribution >= 4 is 29.1 Å². The van der Waals surface area contributed by atoms with E-state index in [-0.39, 0.29) is 36.2 Å². The van der Waals surface area contributed by atoms with Crippen LogP contribution in [0.3, 0.4) is 0 Å². The molecule has 0 atom stereocenters. The highest BCUT2D eigenvalue weighted by Crippen LogP contribution is 2.25. The standard InChI is InChI=1S/C26H23N3O5/c1-18-12-14-19(15-13-18)27(26(32)22-10-4-5-11-23(22)29(33)34)16-6-7-17-28-24(30)20-8-2-3-9-21(20)25(28)31/h2-5,8-15H,6-7,16-17H2,1H3. The number of carbonyl (C=O) groups is 3. The summed E-state index contributed by atoms with van der Waals surface area (Å²) >= 11 is 0. The molecule has 0 unspecified atom stereocenters. The molecule has 3 aromatic carbocycles. The number of rotatable bonds is 8. The number of carbonyl (C=O) groups excluding carboxylic acids is 3. The van der Waals surface area contributed by atoms with Gasteiger partial charge in [0.2, 0.25) is 0 Å². The van der Waals surface area contributed by atoms with Crippen LogP contribution in [0.4, 0.5) is 11.4 Å². The summed E-state index contributed by atoms with van der Waals surface area (Å²) in [7, 11) is 0. The van der Waals surface area contributed by atoms with Crippen LogP contribution >= 0.6 is 0 Å². The van der Waals surface area contributed by atoms with Gasteiger partial charge in [-0.25, -0.2) is 0 Å². The Bertz CT molecular complexity index is 1230. The summed E-state index contributed by atoms with van der Waals surface area (Å²) in [5, 5.41) is 11.5. The second-order valence-corrected chi connectivity index (χ2v) is 8.08. The van der Waals surface area contributed by atoms with Crippen LogP contribution in [0.15, 0.2) is 72.8 Å². The quantitative estimate of drug-likeness (QED) is 0.213. The van der Waals surface area contributed by atoms with Crippen molar-refractivity contribution in [3.8, 4) is 0 Å². The zero-order chi connectivity index (χ0) is 24.2. The molecule has 0 radical (unpaired) electrons. The number of imide groups is 1. The summed E-state index contributed by atoms with van der Waals surface area (Å²) in [6.45, 7) is 2.44. The summed E-state index contributed by atoms with van der Waals surface area (Å²) in [6, 6.07) is 19.9. The highest BCUT2D eigenvalue weighted by molar-refractivity contribution is 6.21. The zero-order valence-corrected chi connectivity index (χ0v) is 18.6. The first-order valence-corrected chi connectivity index (χ1v) is 11.0. The molecule has 1 aliphatic heterocycles. The number of hydrogen-bond donors (Lipinski definition) is 0. The van der Waals surface area contributed by atoms with Gasteiger partial charge in [-0.3, -0.25) is 29.4 Å². The van der Waals surface area contributed by atoms with Crippen LogP contribution in [0.2, 0.25) is 0 Å². The molecular weight excluding hydrogens is 434 g/mol. The van der Waals surface area contributed by atoms with Gasteiger partial charge in [-0.2, -0.15) is 0 Å². The van der Waals surface area contributed by atoms with Gasteiger partial charge in [0, 0.05) is 24.8 Å². The molecule has 8 heteroatoms. The molecule has 8 nitrogen and oxygen atoms in total. The topological polar surface area (TPSA) is 101 Å². The monoisotopic (exact) mass is 457 g/mol. The van der Waals surface area contributed by atoms with Crippen molar-refractivity contribution < 1.29 is 19.3 Å². The van der Waals surface area contributed by atoms with Crippen LogP contribution < -0.4 is 4.90 Å². The number of amides is 3. The summed E-state index contributed by atoms with van der Waals surface area (Å²) in [5.74, 6) is -1.10. The fraction of sp³-hybridized carbons (Fsp3) is 0.192. The lowest BCUT2D eigenvalue weighted by Gasteiger charge is -2.23. The van der Waals surface area contributed by atoms with Crippen LogP contribution in [0.5, 0.6) is 0 Å². The lowest BCUT2D eigenvalue weighted by atomic mass is 10.1. The Labute approximate surface area is 196 Å². The molecule has 0 aliphatic carbocycles. The fourth-order valence-corrected chi connectivity index (χ4v) is 4.01. The van der Waals surface area contributed by atoms with E-state index in [2.05, 4.69) is 0 Å². The summed E-state index contributed by atoms with van der Waals surface area (Å²) < 4.78 is 0. The van der Waals surface area contributed by atoms with E-state index < -0.39 is 10.8 Å². The van der Waals surface area contributed by atoms with Crippen molar-refractivity contribution in [1.29, 1.82) is 0 Å². The Morgan fingerprint density at radius 1 is 0.882 bits per heavy atom. The zero-order valence-electron chi connectivity index (χ0n) is 18.6. The predicted molar refractivity (Wildman–Crippen MR) is 127 cm³/mol. The average Bonchev–Trinajstić information content (AvgIpc) is 3.09. The van der Waals surface area contributed by atoms with Gasteiger partial charge in [-0.15, -0.1) is 0 Å². The minimum absolute atomic E-state index is 0.00780. The van der Waals surface area contributed by atoms with Crippen molar-refractivity contribution in [3.63, 3.8) is 0 Å². The maximum absolute atomic E-state index is 13.4. The molecule has 0 saturated carbocycles. The molecule has 0 bridgehead atoms. The molecule has 1 aliphatic rings. The van der Waals surface area contributed by atoms with Crippen LogP contribution in [-0.2, 0) is 0 Å². The third kappa shape index (κ3) is 4.43. The number of aryl methyl sites for hydroxylation is 1. The van der Waals surface area contributed by atoms with Gasteiger partial charge < -0.3 is 4.90 Å². The molecule has 1 heterocycles. The molecule has 0 aromatic heterocycles. The minimum Gasteiger partial charge on any atom is -0.308 e. The maximum atomic E-state index is 13.4. The van der Waals surface area contributed by atoms with Gasteiger partial charge in [0.1, 0.15) is 5.56 Å². The van der Waals surface area contributed by atoms with Gasteiger partial charge >= 0.3 is 0 Å². The molecule has 0 fully saturated rings.